The maximum absolute atomic E-state index is 13.5. The summed E-state index contributed by atoms with van der Waals surface area (Å²) < 4.78 is 5.40. The molecule has 0 radical (unpaired) electrons. The van der Waals surface area contributed by atoms with Gasteiger partial charge in [-0.05, 0) is 55.8 Å². The van der Waals surface area contributed by atoms with E-state index >= 15 is 0 Å². The van der Waals surface area contributed by atoms with Crippen molar-refractivity contribution in [3.63, 3.8) is 0 Å². The molecule has 32 heavy (non-hydrogen) atoms. The van der Waals surface area contributed by atoms with Crippen molar-refractivity contribution in [2.45, 2.75) is 18.7 Å². The van der Waals surface area contributed by atoms with Crippen LogP contribution in [0.15, 0.2) is 82.2 Å². The number of nitrogens with zero attached hydrogens (tertiary/aromatic N) is 1. The zero-order valence-corrected chi connectivity index (χ0v) is 19.4. The van der Waals surface area contributed by atoms with Gasteiger partial charge in [0.15, 0.2) is 0 Å². The summed E-state index contributed by atoms with van der Waals surface area (Å²) in [5, 5.41) is 3.59. The molecular weight excluding hydrogens is 444 g/mol. The first-order chi connectivity index (χ1) is 15.4. The third-order valence-corrected chi connectivity index (χ3v) is 6.39. The van der Waals surface area contributed by atoms with Crippen LogP contribution in [0.4, 0.5) is 11.4 Å². The summed E-state index contributed by atoms with van der Waals surface area (Å²) in [4.78, 5) is 29.4. The number of rotatable bonds is 6. The predicted octanol–water partition coefficient (Wildman–Crippen LogP) is 5.95. The number of amides is 2. The standard InChI is InChI=1S/C25H21ClN2O3S/c1-15-8-11-18(12-9-15)32-23-22(27-19-7-5-4-6-16(19)2)24(29)28(25(23)30)20-14-17(26)10-13-21(20)31-3/h4-14,27H,1-3H3. The number of halogens is 1. The van der Waals surface area contributed by atoms with Crippen molar-refractivity contribution in [2.75, 3.05) is 17.3 Å². The fraction of sp³-hybridized carbons (Fsp3) is 0.120. The summed E-state index contributed by atoms with van der Waals surface area (Å²) in [5.41, 5.74) is 3.35. The van der Waals surface area contributed by atoms with Crippen molar-refractivity contribution in [3.8, 4) is 5.75 Å². The molecule has 0 spiro atoms. The van der Waals surface area contributed by atoms with Crippen LogP contribution >= 0.6 is 23.4 Å². The number of para-hydroxylation sites is 1. The number of carbonyl (C=O) groups excluding carboxylic acids is 2. The SMILES string of the molecule is COc1ccc(Cl)cc1N1C(=O)C(Nc2ccccc2C)=C(Sc2ccc(C)cc2)C1=O. The van der Waals surface area contributed by atoms with Gasteiger partial charge in [0.2, 0.25) is 0 Å². The molecule has 7 heteroatoms. The minimum Gasteiger partial charge on any atom is -0.495 e. The van der Waals surface area contributed by atoms with Gasteiger partial charge in [0.1, 0.15) is 16.4 Å². The van der Waals surface area contributed by atoms with Crippen molar-refractivity contribution in [2.24, 2.45) is 0 Å². The van der Waals surface area contributed by atoms with Gasteiger partial charge in [0.05, 0.1) is 12.8 Å². The average Bonchev–Trinajstić information content (AvgIpc) is 3.00. The third-order valence-electron chi connectivity index (χ3n) is 5.07. The molecular formula is C25H21ClN2O3S. The van der Waals surface area contributed by atoms with Crippen molar-refractivity contribution in [3.05, 3.63) is 93.5 Å². The highest BCUT2D eigenvalue weighted by molar-refractivity contribution is 8.04. The fourth-order valence-electron chi connectivity index (χ4n) is 3.34. The van der Waals surface area contributed by atoms with Gasteiger partial charge < -0.3 is 10.1 Å². The first-order valence-corrected chi connectivity index (χ1v) is 11.1. The smallest absolute Gasteiger partial charge is 0.283 e. The minimum absolute atomic E-state index is 0.219. The van der Waals surface area contributed by atoms with Crippen LogP contribution in [0.5, 0.6) is 5.75 Å². The van der Waals surface area contributed by atoms with Crippen molar-refractivity contribution in [1.82, 2.24) is 0 Å². The first-order valence-electron chi connectivity index (χ1n) is 9.93. The minimum atomic E-state index is -0.464. The molecule has 0 atom stereocenters. The summed E-state index contributed by atoms with van der Waals surface area (Å²) >= 11 is 7.43. The zero-order chi connectivity index (χ0) is 22.8. The van der Waals surface area contributed by atoms with Crippen LogP contribution in [0.1, 0.15) is 11.1 Å². The molecule has 0 bridgehead atoms. The van der Waals surface area contributed by atoms with E-state index in [1.807, 2.05) is 62.4 Å². The number of thioether (sulfide) groups is 1. The van der Waals surface area contributed by atoms with E-state index in [2.05, 4.69) is 5.32 Å². The van der Waals surface area contributed by atoms with E-state index in [0.717, 1.165) is 26.6 Å². The van der Waals surface area contributed by atoms with Crippen LogP contribution in [0.25, 0.3) is 0 Å². The van der Waals surface area contributed by atoms with Gasteiger partial charge in [-0.1, -0.05) is 59.3 Å². The second kappa shape index (κ2) is 9.10. The Morgan fingerprint density at radius 1 is 0.938 bits per heavy atom. The lowest BCUT2D eigenvalue weighted by atomic mass is 10.2. The van der Waals surface area contributed by atoms with Crippen LogP contribution in [-0.4, -0.2) is 18.9 Å². The Morgan fingerprint density at radius 3 is 2.34 bits per heavy atom. The molecule has 0 aliphatic carbocycles. The first kappa shape index (κ1) is 22.0. The third kappa shape index (κ3) is 4.24. The number of ether oxygens (including phenoxy) is 1. The number of aryl methyl sites for hydroxylation is 2. The molecule has 5 nitrogen and oxygen atoms in total. The molecule has 0 saturated carbocycles. The maximum Gasteiger partial charge on any atom is 0.283 e. The number of nitrogens with one attached hydrogen (secondary N) is 1. The van der Waals surface area contributed by atoms with Crippen molar-refractivity contribution >= 4 is 46.6 Å². The quantitative estimate of drug-likeness (QED) is 0.456. The van der Waals surface area contributed by atoms with Crippen LogP contribution in [0.3, 0.4) is 0 Å². The molecule has 0 saturated heterocycles. The summed E-state index contributed by atoms with van der Waals surface area (Å²) in [7, 11) is 1.49. The van der Waals surface area contributed by atoms with E-state index in [1.54, 1.807) is 18.2 Å². The largest absolute Gasteiger partial charge is 0.495 e. The Kier molecular flexibility index (Phi) is 6.26. The molecule has 2 amide bonds. The van der Waals surface area contributed by atoms with E-state index in [4.69, 9.17) is 16.3 Å². The monoisotopic (exact) mass is 464 g/mol. The van der Waals surface area contributed by atoms with Gasteiger partial charge in [0.25, 0.3) is 11.8 Å². The number of imide groups is 1. The lowest BCUT2D eigenvalue weighted by molar-refractivity contribution is -0.120. The van der Waals surface area contributed by atoms with Gasteiger partial charge in [-0.25, -0.2) is 4.90 Å². The molecule has 0 fully saturated rings. The van der Waals surface area contributed by atoms with Gasteiger partial charge >= 0.3 is 0 Å². The molecule has 1 aliphatic heterocycles. The lowest BCUT2D eigenvalue weighted by Gasteiger charge is -2.18. The fourth-order valence-corrected chi connectivity index (χ4v) is 4.44. The summed E-state index contributed by atoms with van der Waals surface area (Å²) in [6.07, 6.45) is 0. The van der Waals surface area contributed by atoms with Crippen LogP contribution in [-0.2, 0) is 9.59 Å². The molecule has 1 heterocycles. The number of benzene rings is 3. The number of hydrogen-bond donors (Lipinski definition) is 1. The van der Waals surface area contributed by atoms with E-state index in [-0.39, 0.29) is 5.70 Å². The molecule has 1 aliphatic rings. The Bertz CT molecular complexity index is 1240. The second-order valence-electron chi connectivity index (χ2n) is 7.32. The Hall–Kier alpha value is -3.22. The van der Waals surface area contributed by atoms with Gasteiger partial charge in [-0.2, -0.15) is 0 Å². The van der Waals surface area contributed by atoms with E-state index < -0.39 is 11.8 Å². The average molecular weight is 465 g/mol. The second-order valence-corrected chi connectivity index (χ2v) is 8.84. The summed E-state index contributed by atoms with van der Waals surface area (Å²) in [6, 6.07) is 20.2. The Morgan fingerprint density at radius 2 is 1.66 bits per heavy atom. The van der Waals surface area contributed by atoms with E-state index in [9.17, 15) is 9.59 Å². The number of methoxy groups -OCH3 is 1. The Balaban J connectivity index is 1.80. The molecule has 3 aromatic carbocycles. The van der Waals surface area contributed by atoms with Gasteiger partial charge in [-0.3, -0.25) is 9.59 Å². The molecule has 1 N–H and O–H groups in total. The van der Waals surface area contributed by atoms with Crippen LogP contribution in [0, 0.1) is 13.8 Å². The predicted molar refractivity (Wildman–Crippen MR) is 129 cm³/mol. The normalized spacial score (nSPS) is 13.7. The number of carbonyl (C=O) groups is 2. The Labute approximate surface area is 196 Å². The molecule has 162 valence electrons. The van der Waals surface area contributed by atoms with Crippen LogP contribution in [0.2, 0.25) is 5.02 Å². The van der Waals surface area contributed by atoms with Crippen molar-refractivity contribution < 1.29 is 14.3 Å². The highest BCUT2D eigenvalue weighted by Crippen LogP contribution is 2.41. The molecule has 0 unspecified atom stereocenters. The van der Waals surface area contributed by atoms with Crippen molar-refractivity contribution in [1.29, 1.82) is 0 Å². The highest BCUT2D eigenvalue weighted by atomic mass is 35.5. The number of anilines is 2. The van der Waals surface area contributed by atoms with E-state index in [0.29, 0.717) is 21.4 Å². The summed E-state index contributed by atoms with van der Waals surface area (Å²) in [6.45, 7) is 3.94. The molecule has 0 aromatic heterocycles. The van der Waals surface area contributed by atoms with E-state index in [1.165, 1.54) is 18.9 Å². The van der Waals surface area contributed by atoms with Crippen LogP contribution < -0.4 is 15.0 Å². The zero-order valence-electron chi connectivity index (χ0n) is 17.8. The van der Waals surface area contributed by atoms with Gasteiger partial charge in [0, 0.05) is 15.6 Å². The highest BCUT2D eigenvalue weighted by Gasteiger charge is 2.41. The molecule has 4 rings (SSSR count). The van der Waals surface area contributed by atoms with Gasteiger partial charge in [-0.15, -0.1) is 0 Å². The summed E-state index contributed by atoms with van der Waals surface area (Å²) in [5.74, 6) is -0.515. The number of hydrogen-bond acceptors (Lipinski definition) is 5. The maximum atomic E-state index is 13.5. The lowest BCUT2D eigenvalue weighted by Crippen LogP contribution is -2.32. The molecule has 3 aromatic rings. The topological polar surface area (TPSA) is 58.6 Å².